The van der Waals surface area contributed by atoms with Crippen LogP contribution in [0.1, 0.15) is 26.7 Å². The van der Waals surface area contributed by atoms with Crippen molar-refractivity contribution in [2.75, 3.05) is 12.3 Å². The largest absolute Gasteiger partial charge is 0.459 e. The highest BCUT2D eigenvalue weighted by molar-refractivity contribution is 5.89. The monoisotopic (exact) mass is 349 g/mol. The van der Waals surface area contributed by atoms with Crippen LogP contribution in [0.2, 0.25) is 0 Å². The number of anilines is 1. The van der Waals surface area contributed by atoms with Crippen molar-refractivity contribution >= 4 is 28.7 Å². The Kier molecular flexibility index (Phi) is 4.39. The number of nitrogen functional groups attached to an aromatic ring is 1. The van der Waals surface area contributed by atoms with Crippen LogP contribution in [-0.2, 0) is 24.8 Å². The maximum atomic E-state index is 12.8. The Morgan fingerprint density at radius 2 is 2.24 bits per heavy atom. The number of imidazole rings is 1. The van der Waals surface area contributed by atoms with Gasteiger partial charge in [0.2, 0.25) is 5.72 Å². The number of carbonyl (C=O) groups excluding carboxylic acids is 2. The lowest BCUT2D eigenvalue weighted by atomic mass is 10.00. The van der Waals surface area contributed by atoms with Gasteiger partial charge in [0, 0.05) is 19.8 Å². The van der Waals surface area contributed by atoms with Crippen LogP contribution in [0.4, 0.5) is 5.82 Å². The van der Waals surface area contributed by atoms with Crippen LogP contribution in [0.3, 0.4) is 0 Å². The third-order valence-electron chi connectivity index (χ3n) is 4.24. The molecule has 0 saturated carbocycles. The van der Waals surface area contributed by atoms with E-state index in [2.05, 4.69) is 15.0 Å². The van der Waals surface area contributed by atoms with E-state index in [0.717, 1.165) is 0 Å². The van der Waals surface area contributed by atoms with E-state index in [0.29, 0.717) is 11.2 Å². The third kappa shape index (κ3) is 2.72. The number of carbonyl (C=O) groups is 2. The van der Waals surface area contributed by atoms with E-state index < -0.39 is 30.5 Å². The third-order valence-corrected chi connectivity index (χ3v) is 4.24. The molecule has 2 aromatic rings. The molecule has 0 aromatic carbocycles. The summed E-state index contributed by atoms with van der Waals surface area (Å²) in [6.45, 7) is 2.56. The molecular weight excluding hydrogens is 330 g/mol. The van der Waals surface area contributed by atoms with Crippen molar-refractivity contribution in [1.29, 1.82) is 0 Å². The molecule has 1 aliphatic rings. The number of Topliss-reactive ketones (excluding diaryl/α,β-unsaturated/α-hetero) is 1. The molecule has 3 N–H and O–H groups in total. The van der Waals surface area contributed by atoms with E-state index in [-0.39, 0.29) is 24.4 Å². The molecule has 0 spiro atoms. The molecule has 10 nitrogen and oxygen atoms in total. The summed E-state index contributed by atoms with van der Waals surface area (Å²) in [6, 6.07) is 0. The van der Waals surface area contributed by atoms with Gasteiger partial charge in [-0.15, -0.1) is 0 Å². The first-order valence-corrected chi connectivity index (χ1v) is 7.86. The molecule has 10 heteroatoms. The molecule has 1 aliphatic heterocycles. The number of rotatable bonds is 5. The Balaban J connectivity index is 2.13. The fourth-order valence-corrected chi connectivity index (χ4v) is 3.13. The number of ether oxygens (including phenoxy) is 2. The zero-order valence-electron chi connectivity index (χ0n) is 13.9. The summed E-state index contributed by atoms with van der Waals surface area (Å²) in [5.41, 5.74) is 4.98. The highest BCUT2D eigenvalue weighted by Gasteiger charge is 2.54. The predicted octanol–water partition coefficient (Wildman–Crippen LogP) is -0.247. The van der Waals surface area contributed by atoms with Crippen molar-refractivity contribution in [3.8, 4) is 0 Å². The Labute approximate surface area is 143 Å². The summed E-state index contributed by atoms with van der Waals surface area (Å²) in [5, 5.41) is 9.59. The first-order chi connectivity index (χ1) is 11.9. The number of aromatic nitrogens is 4. The zero-order chi connectivity index (χ0) is 18.2. The Hall–Kier alpha value is -2.59. The van der Waals surface area contributed by atoms with Gasteiger partial charge in [0.05, 0.1) is 12.9 Å². The van der Waals surface area contributed by atoms with Crippen LogP contribution >= 0.6 is 0 Å². The molecule has 0 bridgehead atoms. The molecule has 0 aliphatic carbocycles. The van der Waals surface area contributed by atoms with E-state index in [1.165, 1.54) is 24.1 Å². The van der Waals surface area contributed by atoms with Crippen LogP contribution in [0, 0.1) is 0 Å². The minimum absolute atomic E-state index is 0.0415. The number of aliphatic hydroxyl groups excluding tert-OH is 1. The molecule has 0 radical (unpaired) electrons. The fourth-order valence-electron chi connectivity index (χ4n) is 3.13. The van der Waals surface area contributed by atoms with E-state index in [1.807, 2.05) is 0 Å². The average Bonchev–Trinajstić information content (AvgIpc) is 3.17. The Bertz CT molecular complexity index is 822. The lowest BCUT2D eigenvalue weighted by Gasteiger charge is -2.28. The molecule has 3 rings (SSSR count). The zero-order valence-corrected chi connectivity index (χ0v) is 13.9. The molecule has 0 unspecified atom stereocenters. The number of nitrogens with zero attached hydrogens (tertiary/aromatic N) is 4. The number of aliphatic hydroxyl groups is 1. The van der Waals surface area contributed by atoms with Crippen molar-refractivity contribution in [3.05, 3.63) is 12.7 Å². The summed E-state index contributed by atoms with van der Waals surface area (Å²) in [6.07, 6.45) is 1.27. The van der Waals surface area contributed by atoms with E-state index in [4.69, 9.17) is 15.2 Å². The molecule has 1 fully saturated rings. The second kappa shape index (κ2) is 6.37. The average molecular weight is 349 g/mol. The SMILES string of the molecule is CCC(=O)[C@]1(n2cnc3c(N)ncnc32)C[C@H](OC(C)=O)[C@@H](CO)O1. The van der Waals surface area contributed by atoms with Gasteiger partial charge < -0.3 is 20.3 Å². The van der Waals surface area contributed by atoms with Gasteiger partial charge in [0.25, 0.3) is 0 Å². The lowest BCUT2D eigenvalue weighted by Crippen LogP contribution is -2.42. The highest BCUT2D eigenvalue weighted by Crippen LogP contribution is 2.40. The second-order valence-corrected chi connectivity index (χ2v) is 5.80. The Morgan fingerprint density at radius 3 is 2.88 bits per heavy atom. The maximum Gasteiger partial charge on any atom is 0.302 e. The summed E-state index contributed by atoms with van der Waals surface area (Å²) in [5.74, 6) is -0.595. The van der Waals surface area contributed by atoms with Gasteiger partial charge in [-0.05, 0) is 0 Å². The van der Waals surface area contributed by atoms with Gasteiger partial charge in [-0.1, -0.05) is 6.92 Å². The summed E-state index contributed by atoms with van der Waals surface area (Å²) < 4.78 is 12.6. The molecule has 0 amide bonds. The van der Waals surface area contributed by atoms with Crippen molar-refractivity contribution in [2.24, 2.45) is 0 Å². The molecule has 134 valence electrons. The molecule has 1 saturated heterocycles. The van der Waals surface area contributed by atoms with Crippen molar-refractivity contribution < 1.29 is 24.2 Å². The standard InChI is InChI=1S/C15H19N5O5/c1-3-11(23)15(4-9(24-8(2)22)10(5-21)25-15)20-7-19-12-13(16)17-6-18-14(12)20/h6-7,9-10,21H,3-5H2,1-2H3,(H2,16,17,18)/t9-,10+,15-/m0/s1. The normalized spacial score (nSPS) is 26.0. The van der Waals surface area contributed by atoms with Crippen molar-refractivity contribution in [3.63, 3.8) is 0 Å². The summed E-state index contributed by atoms with van der Waals surface area (Å²) in [7, 11) is 0. The number of hydrogen-bond acceptors (Lipinski definition) is 9. The second-order valence-electron chi connectivity index (χ2n) is 5.80. The van der Waals surface area contributed by atoms with Gasteiger partial charge in [0.15, 0.2) is 17.2 Å². The first-order valence-electron chi connectivity index (χ1n) is 7.86. The summed E-state index contributed by atoms with van der Waals surface area (Å²) >= 11 is 0. The first kappa shape index (κ1) is 17.2. The number of ketones is 1. The van der Waals surface area contributed by atoms with Crippen LogP contribution in [0.25, 0.3) is 11.2 Å². The number of hydrogen-bond donors (Lipinski definition) is 2. The van der Waals surface area contributed by atoms with Crippen LogP contribution in [0.15, 0.2) is 12.7 Å². The topological polar surface area (TPSA) is 142 Å². The molecule has 25 heavy (non-hydrogen) atoms. The lowest BCUT2D eigenvalue weighted by molar-refractivity contribution is -0.162. The van der Waals surface area contributed by atoms with Crippen LogP contribution in [0.5, 0.6) is 0 Å². The predicted molar refractivity (Wildman–Crippen MR) is 85.1 cm³/mol. The fraction of sp³-hybridized carbons (Fsp3) is 0.533. The minimum atomic E-state index is -1.49. The smallest absolute Gasteiger partial charge is 0.302 e. The maximum absolute atomic E-state index is 12.8. The quantitative estimate of drug-likeness (QED) is 0.699. The molecule has 3 atom stereocenters. The van der Waals surface area contributed by atoms with Gasteiger partial charge in [-0.25, -0.2) is 15.0 Å². The van der Waals surface area contributed by atoms with Gasteiger partial charge in [0.1, 0.15) is 24.1 Å². The van der Waals surface area contributed by atoms with Crippen molar-refractivity contribution in [2.45, 2.75) is 44.6 Å². The Morgan fingerprint density at radius 1 is 1.48 bits per heavy atom. The van der Waals surface area contributed by atoms with E-state index in [9.17, 15) is 14.7 Å². The molecular formula is C15H19N5O5. The number of fused-ring (bicyclic) bond motifs is 1. The molecule has 2 aromatic heterocycles. The van der Waals surface area contributed by atoms with Crippen LogP contribution in [-0.4, -0.2) is 55.2 Å². The number of esters is 1. The van der Waals surface area contributed by atoms with Gasteiger partial charge >= 0.3 is 5.97 Å². The van der Waals surface area contributed by atoms with Crippen molar-refractivity contribution in [1.82, 2.24) is 19.5 Å². The van der Waals surface area contributed by atoms with E-state index in [1.54, 1.807) is 6.92 Å². The summed E-state index contributed by atoms with van der Waals surface area (Å²) in [4.78, 5) is 36.3. The van der Waals surface area contributed by atoms with Gasteiger partial charge in [-0.3, -0.25) is 14.2 Å². The van der Waals surface area contributed by atoms with Crippen LogP contribution < -0.4 is 5.73 Å². The van der Waals surface area contributed by atoms with E-state index >= 15 is 0 Å². The van der Waals surface area contributed by atoms with Gasteiger partial charge in [-0.2, -0.15) is 0 Å². The number of nitrogens with two attached hydrogens (primary N) is 1. The minimum Gasteiger partial charge on any atom is -0.459 e. The highest BCUT2D eigenvalue weighted by atomic mass is 16.6. The molecule has 3 heterocycles.